The molecule has 0 radical (unpaired) electrons. The van der Waals surface area contributed by atoms with E-state index in [4.69, 9.17) is 9.47 Å². The fourth-order valence-corrected chi connectivity index (χ4v) is 3.61. The third-order valence-corrected chi connectivity index (χ3v) is 5.15. The average molecular weight is 452 g/mol. The topological polar surface area (TPSA) is 97.0 Å². The standard InChI is InChI=1S/C25H29N3O5/c1-5-33-14-6-13-28-24(30)22(18-8-10-19(11-9-18)26-17(3)29)23(25(28)31)27-20-15-16(2)7-12-21(20)32-4/h7-12,15,27H,5-6,13-14H2,1-4H3,(H,26,29). The first kappa shape index (κ1) is 24.0. The van der Waals surface area contributed by atoms with Gasteiger partial charge in [-0.05, 0) is 55.7 Å². The Hall–Kier alpha value is -3.65. The fourth-order valence-electron chi connectivity index (χ4n) is 3.61. The summed E-state index contributed by atoms with van der Waals surface area (Å²) in [5.74, 6) is -0.411. The minimum Gasteiger partial charge on any atom is -0.495 e. The van der Waals surface area contributed by atoms with E-state index in [1.807, 2.05) is 26.0 Å². The summed E-state index contributed by atoms with van der Waals surface area (Å²) >= 11 is 0. The number of imide groups is 1. The van der Waals surface area contributed by atoms with Crippen LogP contribution in [0.1, 0.15) is 31.4 Å². The highest BCUT2D eigenvalue weighted by molar-refractivity contribution is 6.36. The molecule has 33 heavy (non-hydrogen) atoms. The molecule has 0 saturated carbocycles. The van der Waals surface area contributed by atoms with Crippen molar-refractivity contribution in [3.8, 4) is 5.75 Å². The molecule has 8 nitrogen and oxygen atoms in total. The first-order chi connectivity index (χ1) is 15.8. The van der Waals surface area contributed by atoms with Gasteiger partial charge in [0.2, 0.25) is 5.91 Å². The Morgan fingerprint density at radius 1 is 1.06 bits per heavy atom. The molecule has 8 heteroatoms. The zero-order chi connectivity index (χ0) is 24.0. The zero-order valence-electron chi connectivity index (χ0n) is 19.4. The Kier molecular flexibility index (Phi) is 7.84. The van der Waals surface area contributed by atoms with Gasteiger partial charge in [-0.2, -0.15) is 0 Å². The number of hydrogen-bond acceptors (Lipinski definition) is 6. The molecule has 0 aromatic heterocycles. The molecule has 3 rings (SSSR count). The van der Waals surface area contributed by atoms with Gasteiger partial charge in [-0.1, -0.05) is 18.2 Å². The number of rotatable bonds is 10. The molecular formula is C25H29N3O5. The molecule has 3 amide bonds. The minimum absolute atomic E-state index is 0.188. The summed E-state index contributed by atoms with van der Waals surface area (Å²) < 4.78 is 10.8. The van der Waals surface area contributed by atoms with E-state index in [1.165, 1.54) is 11.8 Å². The van der Waals surface area contributed by atoms with Gasteiger partial charge in [-0.3, -0.25) is 19.3 Å². The number of carbonyl (C=O) groups excluding carboxylic acids is 3. The molecule has 2 aromatic rings. The van der Waals surface area contributed by atoms with Crippen LogP contribution in [0.15, 0.2) is 48.2 Å². The van der Waals surface area contributed by atoms with Crippen LogP contribution < -0.4 is 15.4 Å². The normalized spacial score (nSPS) is 13.5. The van der Waals surface area contributed by atoms with Gasteiger partial charge in [0.05, 0.1) is 18.4 Å². The van der Waals surface area contributed by atoms with Crippen molar-refractivity contribution in [2.75, 3.05) is 37.5 Å². The van der Waals surface area contributed by atoms with Gasteiger partial charge >= 0.3 is 0 Å². The maximum absolute atomic E-state index is 13.3. The number of anilines is 2. The summed E-state index contributed by atoms with van der Waals surface area (Å²) in [7, 11) is 1.55. The van der Waals surface area contributed by atoms with Crippen molar-refractivity contribution >= 4 is 34.7 Å². The molecule has 1 aliphatic rings. The van der Waals surface area contributed by atoms with E-state index in [9.17, 15) is 14.4 Å². The molecule has 0 bridgehead atoms. The van der Waals surface area contributed by atoms with Gasteiger partial charge in [-0.15, -0.1) is 0 Å². The molecule has 2 N–H and O–H groups in total. The number of nitrogens with zero attached hydrogens (tertiary/aromatic N) is 1. The smallest absolute Gasteiger partial charge is 0.278 e. The molecule has 0 saturated heterocycles. The van der Waals surface area contributed by atoms with Crippen molar-refractivity contribution < 1.29 is 23.9 Å². The number of carbonyl (C=O) groups is 3. The summed E-state index contributed by atoms with van der Waals surface area (Å²) in [4.78, 5) is 39.2. The van der Waals surface area contributed by atoms with Crippen molar-refractivity contribution in [1.82, 2.24) is 4.90 Å². The maximum atomic E-state index is 13.3. The van der Waals surface area contributed by atoms with Crippen molar-refractivity contribution in [3.63, 3.8) is 0 Å². The fraction of sp³-hybridized carbons (Fsp3) is 0.320. The van der Waals surface area contributed by atoms with Crippen LogP contribution >= 0.6 is 0 Å². The van der Waals surface area contributed by atoms with Gasteiger partial charge in [0.15, 0.2) is 0 Å². The Morgan fingerprint density at radius 3 is 2.42 bits per heavy atom. The lowest BCUT2D eigenvalue weighted by atomic mass is 10.0. The number of ether oxygens (including phenoxy) is 2. The highest BCUT2D eigenvalue weighted by Crippen LogP contribution is 2.34. The lowest BCUT2D eigenvalue weighted by molar-refractivity contribution is -0.137. The van der Waals surface area contributed by atoms with Crippen molar-refractivity contribution in [1.29, 1.82) is 0 Å². The van der Waals surface area contributed by atoms with E-state index in [0.717, 1.165) is 5.56 Å². The van der Waals surface area contributed by atoms with Gasteiger partial charge < -0.3 is 20.1 Å². The van der Waals surface area contributed by atoms with Crippen LogP contribution in [0.4, 0.5) is 11.4 Å². The van der Waals surface area contributed by atoms with Gasteiger partial charge in [0.25, 0.3) is 11.8 Å². The second-order valence-electron chi connectivity index (χ2n) is 7.65. The van der Waals surface area contributed by atoms with Crippen LogP contribution in [0.3, 0.4) is 0 Å². The summed E-state index contributed by atoms with van der Waals surface area (Å²) in [5, 5.41) is 5.85. The number of methoxy groups -OCH3 is 1. The van der Waals surface area contributed by atoms with E-state index in [1.54, 1.807) is 37.4 Å². The molecule has 0 fully saturated rings. The first-order valence-electron chi connectivity index (χ1n) is 10.8. The molecular weight excluding hydrogens is 422 g/mol. The molecule has 0 unspecified atom stereocenters. The third kappa shape index (κ3) is 5.59. The molecule has 174 valence electrons. The first-order valence-corrected chi connectivity index (χ1v) is 10.8. The lowest BCUT2D eigenvalue weighted by Gasteiger charge is -2.16. The lowest BCUT2D eigenvalue weighted by Crippen LogP contribution is -2.34. The van der Waals surface area contributed by atoms with E-state index in [0.29, 0.717) is 42.3 Å². The van der Waals surface area contributed by atoms with Crippen LogP contribution in [0.5, 0.6) is 5.75 Å². The average Bonchev–Trinajstić information content (AvgIpc) is 3.01. The Bertz CT molecular complexity index is 1080. The Morgan fingerprint density at radius 2 is 1.79 bits per heavy atom. The highest BCUT2D eigenvalue weighted by atomic mass is 16.5. The van der Waals surface area contributed by atoms with E-state index in [2.05, 4.69) is 10.6 Å². The molecule has 0 aliphatic carbocycles. The van der Waals surface area contributed by atoms with Crippen LogP contribution in [0.2, 0.25) is 0 Å². The molecule has 1 aliphatic heterocycles. The number of aryl methyl sites for hydroxylation is 1. The summed E-state index contributed by atoms with van der Waals surface area (Å²) in [6, 6.07) is 12.4. The van der Waals surface area contributed by atoms with Crippen LogP contribution in [-0.2, 0) is 19.1 Å². The number of nitrogens with one attached hydrogen (secondary N) is 2. The second-order valence-corrected chi connectivity index (χ2v) is 7.65. The maximum Gasteiger partial charge on any atom is 0.278 e. The second kappa shape index (κ2) is 10.8. The number of amides is 3. The molecule has 0 spiro atoms. The molecule has 2 aromatic carbocycles. The largest absolute Gasteiger partial charge is 0.495 e. The predicted octanol–water partition coefficient (Wildman–Crippen LogP) is 3.58. The quantitative estimate of drug-likeness (QED) is 0.423. The third-order valence-electron chi connectivity index (χ3n) is 5.15. The van der Waals surface area contributed by atoms with E-state index < -0.39 is 5.91 Å². The molecule has 1 heterocycles. The van der Waals surface area contributed by atoms with Crippen LogP contribution in [0.25, 0.3) is 5.57 Å². The van der Waals surface area contributed by atoms with Crippen molar-refractivity contribution in [2.45, 2.75) is 27.2 Å². The summed E-state index contributed by atoms with van der Waals surface area (Å²) in [5.41, 5.74) is 3.21. The summed E-state index contributed by atoms with van der Waals surface area (Å²) in [6.07, 6.45) is 0.543. The Labute approximate surface area is 193 Å². The monoisotopic (exact) mass is 451 g/mol. The van der Waals surface area contributed by atoms with Gasteiger partial charge in [-0.25, -0.2) is 0 Å². The minimum atomic E-state index is -0.402. The van der Waals surface area contributed by atoms with Gasteiger partial charge in [0.1, 0.15) is 11.4 Å². The Balaban J connectivity index is 1.99. The van der Waals surface area contributed by atoms with Crippen LogP contribution in [0, 0.1) is 6.92 Å². The summed E-state index contributed by atoms with van der Waals surface area (Å²) in [6.45, 7) is 6.54. The number of benzene rings is 2. The highest BCUT2D eigenvalue weighted by Gasteiger charge is 2.39. The predicted molar refractivity (Wildman–Crippen MR) is 127 cm³/mol. The SMILES string of the molecule is CCOCCCN1C(=O)C(Nc2cc(C)ccc2OC)=C(c2ccc(NC(C)=O)cc2)C1=O. The van der Waals surface area contributed by atoms with Gasteiger partial charge in [0, 0.05) is 32.4 Å². The molecule has 0 atom stereocenters. The van der Waals surface area contributed by atoms with Crippen LogP contribution in [-0.4, -0.2) is 49.5 Å². The zero-order valence-corrected chi connectivity index (χ0v) is 19.4. The van der Waals surface area contributed by atoms with Crippen molar-refractivity contribution in [2.24, 2.45) is 0 Å². The van der Waals surface area contributed by atoms with E-state index in [-0.39, 0.29) is 29.6 Å². The van der Waals surface area contributed by atoms with E-state index >= 15 is 0 Å². The van der Waals surface area contributed by atoms with Crippen molar-refractivity contribution in [3.05, 3.63) is 59.3 Å². The number of hydrogen-bond donors (Lipinski definition) is 2.